The number of carbonyl (C=O) groups excluding carboxylic acids is 2. The van der Waals surface area contributed by atoms with E-state index in [0.29, 0.717) is 13.2 Å². The van der Waals surface area contributed by atoms with Gasteiger partial charge in [-0.1, -0.05) is 0 Å². The summed E-state index contributed by atoms with van der Waals surface area (Å²) in [6.07, 6.45) is 0. The Labute approximate surface area is 81.8 Å². The average Bonchev–Trinajstić information content (AvgIpc) is 2.12. The van der Waals surface area contributed by atoms with Crippen molar-refractivity contribution in [1.29, 1.82) is 0 Å². The summed E-state index contributed by atoms with van der Waals surface area (Å²) < 4.78 is 0. The zero-order valence-electron chi connectivity index (χ0n) is 8.20. The second-order valence-corrected chi connectivity index (χ2v) is 1.80. The van der Waals surface area contributed by atoms with Crippen LogP contribution in [0.15, 0.2) is 0 Å². The number of nitrogens with one attached hydrogen (secondary N) is 2. The highest BCUT2D eigenvalue weighted by molar-refractivity contribution is 5.70. The summed E-state index contributed by atoms with van der Waals surface area (Å²) in [6, 6.07) is -1.33. The minimum absolute atomic E-state index is 0.433. The van der Waals surface area contributed by atoms with Gasteiger partial charge in [0.1, 0.15) is 0 Å². The summed E-state index contributed by atoms with van der Waals surface area (Å²) in [5.41, 5.74) is 13.1. The van der Waals surface area contributed by atoms with Gasteiger partial charge in [-0.15, -0.1) is 0 Å². The third-order valence-corrected chi connectivity index (χ3v) is 0.634. The molecule has 0 saturated carbocycles. The van der Waals surface area contributed by atoms with Crippen molar-refractivity contribution in [3.05, 3.63) is 0 Å². The number of hydrogen-bond donors (Lipinski definition) is 4. The van der Waals surface area contributed by atoms with Gasteiger partial charge in [-0.05, 0) is 13.8 Å². The van der Waals surface area contributed by atoms with Crippen molar-refractivity contribution in [3.63, 3.8) is 0 Å². The van der Waals surface area contributed by atoms with Gasteiger partial charge in [0.25, 0.3) is 0 Å². The van der Waals surface area contributed by atoms with Crippen LogP contribution in [0.4, 0.5) is 9.59 Å². The molecule has 0 heterocycles. The van der Waals surface area contributed by atoms with Crippen molar-refractivity contribution in [2.75, 3.05) is 13.2 Å². The van der Waals surface area contributed by atoms with Gasteiger partial charge < -0.3 is 11.5 Å². The minimum Gasteiger partial charge on any atom is -0.350 e. The monoisotopic (exact) mass is 208 g/mol. The van der Waals surface area contributed by atoms with Crippen LogP contribution in [0, 0.1) is 0 Å². The van der Waals surface area contributed by atoms with Gasteiger partial charge in [0, 0.05) is 0 Å². The molecule has 84 valence electrons. The number of rotatable bonds is 4. The predicted octanol–water partition coefficient (Wildman–Crippen LogP) is -0.788. The summed E-state index contributed by atoms with van der Waals surface area (Å²) >= 11 is 0. The summed E-state index contributed by atoms with van der Waals surface area (Å²) in [5, 5.41) is 0. The number of carbonyl (C=O) groups is 2. The maximum atomic E-state index is 9.74. The minimum atomic E-state index is -0.665. The first-order chi connectivity index (χ1) is 6.54. The fourth-order valence-electron chi connectivity index (χ4n) is 0.287. The largest absolute Gasteiger partial charge is 0.350 e. The zero-order valence-corrected chi connectivity index (χ0v) is 8.20. The second-order valence-electron chi connectivity index (χ2n) is 1.80. The predicted molar refractivity (Wildman–Crippen MR) is 48.7 cm³/mol. The van der Waals surface area contributed by atoms with E-state index in [-0.39, 0.29) is 0 Å². The maximum Gasteiger partial charge on any atom is 0.336 e. The van der Waals surface area contributed by atoms with Gasteiger partial charge in [0.2, 0.25) is 0 Å². The SMILES string of the molecule is CCONC(N)=O.CCONC(N)=O. The number of primary amides is 2. The summed E-state index contributed by atoms with van der Waals surface area (Å²) in [4.78, 5) is 28.2. The average molecular weight is 208 g/mol. The number of amides is 4. The van der Waals surface area contributed by atoms with Crippen LogP contribution in [-0.2, 0) is 9.68 Å². The molecule has 8 heteroatoms. The van der Waals surface area contributed by atoms with Gasteiger partial charge in [-0.25, -0.2) is 20.5 Å². The Hall–Kier alpha value is -1.54. The molecule has 8 nitrogen and oxygen atoms in total. The van der Waals surface area contributed by atoms with Crippen LogP contribution in [0.25, 0.3) is 0 Å². The molecule has 0 fully saturated rings. The van der Waals surface area contributed by atoms with Gasteiger partial charge in [0.15, 0.2) is 0 Å². The Morgan fingerprint density at radius 3 is 1.36 bits per heavy atom. The topological polar surface area (TPSA) is 129 Å². The van der Waals surface area contributed by atoms with E-state index in [2.05, 4.69) is 21.1 Å². The Kier molecular flexibility index (Phi) is 12.2. The molecule has 0 atom stereocenters. The lowest BCUT2D eigenvalue weighted by atomic mass is 10.9. The van der Waals surface area contributed by atoms with E-state index in [4.69, 9.17) is 0 Å². The first kappa shape index (κ1) is 15.0. The van der Waals surface area contributed by atoms with Crippen molar-refractivity contribution >= 4 is 12.1 Å². The lowest BCUT2D eigenvalue weighted by molar-refractivity contribution is 0.0741. The zero-order chi connectivity index (χ0) is 11.4. The number of nitrogens with two attached hydrogens (primary N) is 2. The van der Waals surface area contributed by atoms with Crippen molar-refractivity contribution in [2.45, 2.75) is 13.8 Å². The molecule has 0 aromatic rings. The smallest absolute Gasteiger partial charge is 0.336 e. The van der Waals surface area contributed by atoms with Gasteiger partial charge in [-0.2, -0.15) is 0 Å². The highest BCUT2D eigenvalue weighted by Gasteiger charge is 1.84. The van der Waals surface area contributed by atoms with E-state index in [1.54, 1.807) is 13.8 Å². The van der Waals surface area contributed by atoms with Crippen LogP contribution in [0.3, 0.4) is 0 Å². The van der Waals surface area contributed by atoms with E-state index < -0.39 is 12.1 Å². The molecule has 0 aliphatic carbocycles. The molecular formula is C6H16N4O4. The van der Waals surface area contributed by atoms with E-state index in [0.717, 1.165) is 0 Å². The molecule has 0 aromatic heterocycles. The molecule has 0 radical (unpaired) electrons. The molecule has 14 heavy (non-hydrogen) atoms. The van der Waals surface area contributed by atoms with E-state index >= 15 is 0 Å². The van der Waals surface area contributed by atoms with Crippen molar-refractivity contribution in [2.24, 2.45) is 11.5 Å². The fourth-order valence-corrected chi connectivity index (χ4v) is 0.287. The molecule has 0 rings (SSSR count). The number of hydrogen-bond acceptors (Lipinski definition) is 4. The van der Waals surface area contributed by atoms with Crippen LogP contribution >= 0.6 is 0 Å². The van der Waals surface area contributed by atoms with Gasteiger partial charge in [-0.3, -0.25) is 9.68 Å². The third kappa shape index (κ3) is 22.4. The molecule has 6 N–H and O–H groups in total. The second kappa shape index (κ2) is 11.5. The molecular weight excluding hydrogens is 192 g/mol. The Balaban J connectivity index is 0. The summed E-state index contributed by atoms with van der Waals surface area (Å²) in [6.45, 7) is 4.36. The molecule has 0 aliphatic rings. The molecule has 0 unspecified atom stereocenters. The normalized spacial score (nSPS) is 8.14. The lowest BCUT2D eigenvalue weighted by Gasteiger charge is -1.95. The van der Waals surface area contributed by atoms with Crippen molar-refractivity contribution in [3.8, 4) is 0 Å². The van der Waals surface area contributed by atoms with Crippen LogP contribution in [0.2, 0.25) is 0 Å². The summed E-state index contributed by atoms with van der Waals surface area (Å²) in [7, 11) is 0. The molecule has 0 bridgehead atoms. The maximum absolute atomic E-state index is 9.74. The fraction of sp³-hybridized carbons (Fsp3) is 0.667. The van der Waals surface area contributed by atoms with E-state index in [1.165, 1.54) is 0 Å². The van der Waals surface area contributed by atoms with E-state index in [9.17, 15) is 9.59 Å². The molecule has 0 saturated heterocycles. The van der Waals surface area contributed by atoms with Crippen LogP contribution in [0.1, 0.15) is 13.8 Å². The number of urea groups is 2. The third-order valence-electron chi connectivity index (χ3n) is 0.634. The van der Waals surface area contributed by atoms with Gasteiger partial charge in [0.05, 0.1) is 13.2 Å². The highest BCUT2D eigenvalue weighted by Crippen LogP contribution is 1.60. The molecule has 0 aliphatic heterocycles. The quantitative estimate of drug-likeness (QED) is 0.451. The Bertz CT molecular complexity index is 146. The van der Waals surface area contributed by atoms with Crippen LogP contribution in [0.5, 0.6) is 0 Å². The van der Waals surface area contributed by atoms with Crippen molar-refractivity contribution in [1.82, 2.24) is 11.0 Å². The van der Waals surface area contributed by atoms with Crippen molar-refractivity contribution < 1.29 is 19.3 Å². The van der Waals surface area contributed by atoms with Gasteiger partial charge >= 0.3 is 12.1 Å². The molecule has 0 aromatic carbocycles. The lowest BCUT2D eigenvalue weighted by Crippen LogP contribution is -2.29. The number of hydroxylamine groups is 2. The molecule has 4 amide bonds. The van der Waals surface area contributed by atoms with Crippen LogP contribution in [-0.4, -0.2) is 25.3 Å². The summed E-state index contributed by atoms with van der Waals surface area (Å²) in [5.74, 6) is 0. The molecule has 0 spiro atoms. The Morgan fingerprint density at radius 2 is 1.29 bits per heavy atom. The standard InChI is InChI=1S/2C3H8N2O2/c2*1-2-7-5-3(4)6/h2*2H2,1H3,(H3,4,5,6). The van der Waals surface area contributed by atoms with Crippen LogP contribution < -0.4 is 22.4 Å². The highest BCUT2D eigenvalue weighted by atomic mass is 16.7. The first-order valence-corrected chi connectivity index (χ1v) is 3.89. The first-order valence-electron chi connectivity index (χ1n) is 3.89. The Morgan fingerprint density at radius 1 is 1.00 bits per heavy atom. The van der Waals surface area contributed by atoms with E-state index in [1.807, 2.05) is 11.0 Å².